The first kappa shape index (κ1) is 14.9. The van der Waals surface area contributed by atoms with Crippen molar-refractivity contribution in [3.63, 3.8) is 0 Å². The van der Waals surface area contributed by atoms with E-state index in [0.29, 0.717) is 6.04 Å². The Labute approximate surface area is 109 Å². The topological polar surface area (TPSA) is 52.5 Å². The highest BCUT2D eigenvalue weighted by Crippen LogP contribution is 2.14. The molecule has 0 fully saturated rings. The number of likely N-dealkylation sites (N-methyl/N-ethyl adjacent to an activating group) is 2. The van der Waals surface area contributed by atoms with E-state index in [4.69, 9.17) is 5.11 Å². The van der Waals surface area contributed by atoms with Crippen molar-refractivity contribution in [2.45, 2.75) is 33.4 Å². The largest absolute Gasteiger partial charge is 0.392 e. The van der Waals surface area contributed by atoms with Crippen molar-refractivity contribution < 1.29 is 5.11 Å². The van der Waals surface area contributed by atoms with E-state index in [2.05, 4.69) is 47.7 Å². The molecule has 0 spiro atoms. The molecule has 1 unspecified atom stereocenters. The molecule has 0 aliphatic rings. The number of rotatable bonds is 6. The van der Waals surface area contributed by atoms with Crippen molar-refractivity contribution >= 4 is 5.95 Å². The molecule has 1 rings (SSSR count). The molecule has 0 bridgehead atoms. The Hall–Kier alpha value is -1.20. The zero-order valence-corrected chi connectivity index (χ0v) is 12.0. The van der Waals surface area contributed by atoms with E-state index >= 15 is 0 Å². The van der Waals surface area contributed by atoms with E-state index < -0.39 is 0 Å². The first-order valence-electron chi connectivity index (χ1n) is 6.34. The number of aliphatic hydroxyl groups is 1. The molecule has 1 atom stereocenters. The molecule has 1 aromatic rings. The van der Waals surface area contributed by atoms with Gasteiger partial charge in [0.15, 0.2) is 0 Å². The molecule has 1 heterocycles. The highest BCUT2D eigenvalue weighted by Gasteiger charge is 2.16. The Morgan fingerprint density at radius 3 is 2.50 bits per heavy atom. The third-order valence-corrected chi connectivity index (χ3v) is 3.00. The van der Waals surface area contributed by atoms with Crippen molar-refractivity contribution in [3.05, 3.63) is 17.5 Å². The Morgan fingerprint density at radius 1 is 1.39 bits per heavy atom. The summed E-state index contributed by atoms with van der Waals surface area (Å²) < 4.78 is 0. The minimum atomic E-state index is -0.00844. The zero-order chi connectivity index (χ0) is 13.7. The molecule has 0 aromatic carbocycles. The molecule has 0 saturated heterocycles. The summed E-state index contributed by atoms with van der Waals surface area (Å²) in [6.45, 7) is 7.99. The summed E-state index contributed by atoms with van der Waals surface area (Å²) in [5.41, 5.74) is 1.63. The number of hydrogen-bond donors (Lipinski definition) is 1. The smallest absolute Gasteiger partial charge is 0.225 e. The minimum Gasteiger partial charge on any atom is -0.392 e. The number of hydrogen-bond acceptors (Lipinski definition) is 5. The van der Waals surface area contributed by atoms with Crippen LogP contribution in [0.15, 0.2) is 6.20 Å². The van der Waals surface area contributed by atoms with Gasteiger partial charge in [-0.25, -0.2) is 9.97 Å². The minimum absolute atomic E-state index is 0.00844. The Morgan fingerprint density at radius 2 is 2.06 bits per heavy atom. The number of nitrogens with zero attached hydrogens (tertiary/aromatic N) is 4. The SMILES string of the molecule is CCN(c1ncc(CO)c(C)n1)C(C)CN(C)C. The van der Waals surface area contributed by atoms with Gasteiger partial charge >= 0.3 is 0 Å². The molecular weight excluding hydrogens is 228 g/mol. The highest BCUT2D eigenvalue weighted by molar-refractivity contribution is 5.34. The van der Waals surface area contributed by atoms with Crippen LogP contribution in [-0.4, -0.2) is 53.2 Å². The molecule has 0 amide bonds. The predicted molar refractivity (Wildman–Crippen MR) is 73.7 cm³/mol. The fraction of sp³-hybridized carbons (Fsp3) is 0.692. The van der Waals surface area contributed by atoms with Gasteiger partial charge in [-0.3, -0.25) is 0 Å². The molecule has 0 radical (unpaired) electrons. The van der Waals surface area contributed by atoms with Crippen molar-refractivity contribution in [1.82, 2.24) is 14.9 Å². The van der Waals surface area contributed by atoms with Crippen LogP contribution in [0.1, 0.15) is 25.1 Å². The predicted octanol–water partition coefficient (Wildman–Crippen LogP) is 1.05. The number of anilines is 1. The number of aliphatic hydroxyl groups excluding tert-OH is 1. The summed E-state index contributed by atoms with van der Waals surface area (Å²) >= 11 is 0. The molecule has 5 heteroatoms. The van der Waals surface area contributed by atoms with E-state index in [9.17, 15) is 0 Å². The van der Waals surface area contributed by atoms with Gasteiger partial charge in [-0.2, -0.15) is 0 Å². The molecule has 18 heavy (non-hydrogen) atoms. The number of aromatic nitrogens is 2. The van der Waals surface area contributed by atoms with Gasteiger partial charge in [-0.05, 0) is 34.9 Å². The first-order chi connectivity index (χ1) is 8.49. The summed E-state index contributed by atoms with van der Waals surface area (Å²) in [5, 5.41) is 9.13. The van der Waals surface area contributed by atoms with Crippen LogP contribution in [0, 0.1) is 6.92 Å². The van der Waals surface area contributed by atoms with Gasteiger partial charge in [0.05, 0.1) is 6.61 Å². The van der Waals surface area contributed by atoms with Crippen LogP contribution in [0.4, 0.5) is 5.95 Å². The van der Waals surface area contributed by atoms with E-state index in [0.717, 1.165) is 30.3 Å². The highest BCUT2D eigenvalue weighted by atomic mass is 16.3. The lowest BCUT2D eigenvalue weighted by atomic mass is 10.2. The van der Waals surface area contributed by atoms with E-state index in [1.165, 1.54) is 0 Å². The fourth-order valence-electron chi connectivity index (χ4n) is 2.05. The maximum absolute atomic E-state index is 9.13. The lowest BCUT2D eigenvalue weighted by Crippen LogP contribution is -2.41. The average molecular weight is 252 g/mol. The zero-order valence-electron chi connectivity index (χ0n) is 12.0. The second-order valence-corrected chi connectivity index (χ2v) is 4.84. The van der Waals surface area contributed by atoms with Crippen molar-refractivity contribution in [2.24, 2.45) is 0 Å². The van der Waals surface area contributed by atoms with Gasteiger partial charge in [0.1, 0.15) is 0 Å². The van der Waals surface area contributed by atoms with Crippen LogP contribution >= 0.6 is 0 Å². The van der Waals surface area contributed by atoms with Crippen LogP contribution < -0.4 is 4.90 Å². The standard InChI is InChI=1S/C13H24N4O/c1-6-17(10(2)8-16(4)5)13-14-7-12(9-18)11(3)15-13/h7,10,18H,6,8-9H2,1-5H3. The van der Waals surface area contributed by atoms with Crippen LogP contribution in [0.5, 0.6) is 0 Å². The van der Waals surface area contributed by atoms with Gasteiger partial charge in [0.25, 0.3) is 0 Å². The average Bonchev–Trinajstić information content (AvgIpc) is 2.29. The summed E-state index contributed by atoms with van der Waals surface area (Å²) in [5.74, 6) is 0.738. The molecule has 1 aromatic heterocycles. The third kappa shape index (κ3) is 3.65. The fourth-order valence-corrected chi connectivity index (χ4v) is 2.05. The molecule has 102 valence electrons. The van der Waals surface area contributed by atoms with Crippen molar-refractivity contribution in [1.29, 1.82) is 0 Å². The van der Waals surface area contributed by atoms with Crippen molar-refractivity contribution in [3.8, 4) is 0 Å². The molecular formula is C13H24N4O. The first-order valence-corrected chi connectivity index (χ1v) is 6.34. The lowest BCUT2D eigenvalue weighted by Gasteiger charge is -2.30. The van der Waals surface area contributed by atoms with E-state index in [-0.39, 0.29) is 6.61 Å². The van der Waals surface area contributed by atoms with Crippen molar-refractivity contribution in [2.75, 3.05) is 32.1 Å². The normalized spacial score (nSPS) is 12.8. The van der Waals surface area contributed by atoms with Crippen LogP contribution in [0.2, 0.25) is 0 Å². The second kappa shape index (κ2) is 6.66. The van der Waals surface area contributed by atoms with Gasteiger partial charge in [0, 0.05) is 36.6 Å². The van der Waals surface area contributed by atoms with Gasteiger partial charge in [0.2, 0.25) is 5.95 Å². The van der Waals surface area contributed by atoms with Gasteiger partial charge < -0.3 is 14.9 Å². The lowest BCUT2D eigenvalue weighted by molar-refractivity contribution is 0.280. The van der Waals surface area contributed by atoms with E-state index in [1.54, 1.807) is 6.20 Å². The van der Waals surface area contributed by atoms with Crippen LogP contribution in [-0.2, 0) is 6.61 Å². The summed E-state index contributed by atoms with van der Waals surface area (Å²) in [4.78, 5) is 13.2. The molecule has 5 nitrogen and oxygen atoms in total. The molecule has 1 N–H and O–H groups in total. The second-order valence-electron chi connectivity index (χ2n) is 4.84. The van der Waals surface area contributed by atoms with E-state index in [1.807, 2.05) is 6.92 Å². The van der Waals surface area contributed by atoms with Gasteiger partial charge in [-0.1, -0.05) is 0 Å². The van der Waals surface area contributed by atoms with Gasteiger partial charge in [-0.15, -0.1) is 0 Å². The summed E-state index contributed by atoms with van der Waals surface area (Å²) in [6, 6.07) is 0.351. The third-order valence-electron chi connectivity index (χ3n) is 3.00. The maximum atomic E-state index is 9.13. The summed E-state index contributed by atoms with van der Waals surface area (Å²) in [7, 11) is 4.12. The monoisotopic (exact) mass is 252 g/mol. The molecule has 0 aliphatic heterocycles. The Balaban J connectivity index is 2.91. The quantitative estimate of drug-likeness (QED) is 0.820. The van der Waals surface area contributed by atoms with Crippen LogP contribution in [0.3, 0.4) is 0 Å². The Kier molecular flexibility index (Phi) is 5.50. The molecule has 0 aliphatic carbocycles. The molecule has 0 saturated carbocycles. The summed E-state index contributed by atoms with van der Waals surface area (Å²) in [6.07, 6.45) is 1.71. The number of aryl methyl sites for hydroxylation is 1. The van der Waals surface area contributed by atoms with Crippen LogP contribution in [0.25, 0.3) is 0 Å². The Bertz CT molecular complexity index is 381. The maximum Gasteiger partial charge on any atom is 0.225 e.